The van der Waals surface area contributed by atoms with E-state index in [0.717, 1.165) is 59.3 Å². The minimum absolute atomic E-state index is 0.0353. The zero-order chi connectivity index (χ0) is 25.1. The van der Waals surface area contributed by atoms with Crippen LogP contribution < -0.4 is 5.56 Å². The summed E-state index contributed by atoms with van der Waals surface area (Å²) in [6, 6.07) is 10.4. The molecule has 3 aromatic heterocycles. The maximum absolute atomic E-state index is 13.3. The second-order valence-corrected chi connectivity index (χ2v) is 10.2. The molecule has 0 saturated heterocycles. The number of pyridine rings is 1. The van der Waals surface area contributed by atoms with Crippen LogP contribution in [0.4, 0.5) is 0 Å². The van der Waals surface area contributed by atoms with Crippen LogP contribution in [0.2, 0.25) is 0 Å². The van der Waals surface area contributed by atoms with Gasteiger partial charge in [0.1, 0.15) is 5.76 Å². The van der Waals surface area contributed by atoms with Crippen molar-refractivity contribution >= 4 is 10.9 Å². The van der Waals surface area contributed by atoms with Crippen molar-refractivity contribution in [2.75, 3.05) is 0 Å². The Morgan fingerprint density at radius 3 is 2.75 bits per heavy atom. The summed E-state index contributed by atoms with van der Waals surface area (Å²) < 4.78 is 7.80. The summed E-state index contributed by atoms with van der Waals surface area (Å²) in [6.07, 6.45) is 9.48. The molecule has 0 spiro atoms. The highest BCUT2D eigenvalue weighted by molar-refractivity contribution is 5.83. The Kier molecular flexibility index (Phi) is 7.32. The van der Waals surface area contributed by atoms with Crippen molar-refractivity contribution in [3.63, 3.8) is 0 Å². The van der Waals surface area contributed by atoms with Crippen LogP contribution in [0.5, 0.6) is 0 Å². The van der Waals surface area contributed by atoms with E-state index in [1.807, 2.05) is 18.2 Å². The summed E-state index contributed by atoms with van der Waals surface area (Å²) in [4.78, 5) is 18.7. The van der Waals surface area contributed by atoms with E-state index in [1.54, 1.807) is 6.26 Å². The Morgan fingerprint density at radius 2 is 2.00 bits per heavy atom. The Morgan fingerprint density at radius 1 is 1.17 bits per heavy atom. The predicted octanol–water partition coefficient (Wildman–Crippen LogP) is 5.77. The number of hydrogen-bond donors (Lipinski definition) is 1. The normalized spacial score (nSPS) is 15.7. The van der Waals surface area contributed by atoms with Crippen molar-refractivity contribution in [1.82, 2.24) is 30.1 Å². The Labute approximate surface area is 211 Å². The topological polar surface area (TPSA) is 92.8 Å². The summed E-state index contributed by atoms with van der Waals surface area (Å²) in [5.41, 5.74) is 3.87. The first-order chi connectivity index (χ1) is 17.5. The summed E-state index contributed by atoms with van der Waals surface area (Å²) in [7, 11) is 0. The van der Waals surface area contributed by atoms with Gasteiger partial charge < -0.3 is 9.40 Å². The number of tetrazole rings is 1. The quantitative estimate of drug-likeness (QED) is 0.321. The van der Waals surface area contributed by atoms with Gasteiger partial charge in [-0.15, -0.1) is 5.10 Å². The third-order valence-electron chi connectivity index (χ3n) is 7.68. The molecule has 0 aliphatic heterocycles. The van der Waals surface area contributed by atoms with Crippen molar-refractivity contribution in [2.45, 2.75) is 90.9 Å². The smallest absolute Gasteiger partial charge is 0.252 e. The number of aromatic amines is 1. The van der Waals surface area contributed by atoms with Crippen LogP contribution in [-0.4, -0.2) is 30.1 Å². The van der Waals surface area contributed by atoms with Gasteiger partial charge in [-0.1, -0.05) is 44.7 Å². The van der Waals surface area contributed by atoms with E-state index in [9.17, 15) is 4.79 Å². The van der Waals surface area contributed by atoms with Gasteiger partial charge in [0.05, 0.1) is 30.4 Å². The second kappa shape index (κ2) is 10.8. The van der Waals surface area contributed by atoms with Crippen molar-refractivity contribution in [1.29, 1.82) is 0 Å². The van der Waals surface area contributed by atoms with Crippen LogP contribution in [0.15, 0.2) is 45.8 Å². The van der Waals surface area contributed by atoms with Crippen molar-refractivity contribution in [2.24, 2.45) is 0 Å². The standard InChI is InChI=1S/C28H36N6O2/c1-4-9-25(27-30-31-32-34(27)23-10-6-5-7-11-23)33(18-24-12-8-15-36-24)17-22-16-21-14-13-19(2)20(3)26(21)29-28(22)35/h8,12-16,23,25H,4-7,9-11,17-18H2,1-3H3,(H,29,35). The van der Waals surface area contributed by atoms with E-state index in [1.165, 1.54) is 24.8 Å². The van der Waals surface area contributed by atoms with Crippen molar-refractivity contribution in [3.05, 3.63) is 75.2 Å². The molecule has 1 fully saturated rings. The van der Waals surface area contributed by atoms with Crippen molar-refractivity contribution in [3.8, 4) is 0 Å². The number of nitrogens with one attached hydrogen (secondary N) is 1. The van der Waals surface area contributed by atoms with Gasteiger partial charge in [0.2, 0.25) is 0 Å². The molecular weight excluding hydrogens is 452 g/mol. The van der Waals surface area contributed by atoms with Crippen LogP contribution in [0, 0.1) is 13.8 Å². The summed E-state index contributed by atoms with van der Waals surface area (Å²) >= 11 is 0. The first-order valence-corrected chi connectivity index (χ1v) is 13.2. The summed E-state index contributed by atoms with van der Waals surface area (Å²) in [5.74, 6) is 1.75. The average molecular weight is 489 g/mol. The zero-order valence-corrected chi connectivity index (χ0v) is 21.5. The van der Waals surface area contributed by atoms with Gasteiger partial charge in [-0.2, -0.15) is 0 Å². The molecule has 1 aliphatic carbocycles. The maximum atomic E-state index is 13.3. The number of furan rings is 1. The minimum atomic E-state index is -0.0530. The summed E-state index contributed by atoms with van der Waals surface area (Å²) in [5, 5.41) is 14.1. The molecule has 1 saturated carbocycles. The maximum Gasteiger partial charge on any atom is 0.252 e. The fourth-order valence-electron chi connectivity index (χ4n) is 5.54. The number of aryl methyl sites for hydroxylation is 2. The SMILES string of the molecule is CCCC(c1nnnn1C1CCCCC1)N(Cc1ccco1)Cc1cc2ccc(C)c(C)c2[nH]c1=O. The van der Waals surface area contributed by atoms with E-state index in [4.69, 9.17) is 4.42 Å². The molecular formula is C28H36N6O2. The molecule has 3 heterocycles. The van der Waals surface area contributed by atoms with Crippen LogP contribution in [-0.2, 0) is 13.1 Å². The van der Waals surface area contributed by atoms with E-state index < -0.39 is 0 Å². The zero-order valence-electron chi connectivity index (χ0n) is 21.5. The number of rotatable bonds is 9. The first-order valence-electron chi connectivity index (χ1n) is 13.2. The van der Waals surface area contributed by atoms with Gasteiger partial charge in [0.25, 0.3) is 5.56 Å². The number of fused-ring (bicyclic) bond motifs is 1. The molecule has 1 unspecified atom stereocenters. The highest BCUT2D eigenvalue weighted by Crippen LogP contribution is 2.33. The predicted molar refractivity (Wildman–Crippen MR) is 140 cm³/mol. The van der Waals surface area contributed by atoms with E-state index >= 15 is 0 Å². The van der Waals surface area contributed by atoms with E-state index in [-0.39, 0.29) is 11.6 Å². The van der Waals surface area contributed by atoms with E-state index in [0.29, 0.717) is 19.1 Å². The van der Waals surface area contributed by atoms with Crippen molar-refractivity contribution < 1.29 is 4.42 Å². The molecule has 8 nitrogen and oxygen atoms in total. The monoisotopic (exact) mass is 488 g/mol. The van der Waals surface area contributed by atoms with Gasteiger partial charge in [-0.25, -0.2) is 4.68 Å². The Balaban J connectivity index is 1.53. The van der Waals surface area contributed by atoms with Crippen LogP contribution in [0.3, 0.4) is 0 Å². The first kappa shape index (κ1) is 24.4. The van der Waals surface area contributed by atoms with Crippen LogP contribution in [0.1, 0.15) is 92.2 Å². The lowest BCUT2D eigenvalue weighted by atomic mass is 9.95. The summed E-state index contributed by atoms with van der Waals surface area (Å²) in [6.45, 7) is 7.35. The number of hydrogen-bond acceptors (Lipinski definition) is 6. The van der Waals surface area contributed by atoms with Gasteiger partial charge in [0, 0.05) is 12.1 Å². The molecule has 1 aliphatic rings. The lowest BCUT2D eigenvalue weighted by Gasteiger charge is -2.32. The molecule has 0 amide bonds. The fourth-order valence-corrected chi connectivity index (χ4v) is 5.54. The van der Waals surface area contributed by atoms with Crippen LogP contribution in [0.25, 0.3) is 10.9 Å². The van der Waals surface area contributed by atoms with E-state index in [2.05, 4.69) is 63.0 Å². The third kappa shape index (κ3) is 5.00. The molecule has 1 N–H and O–H groups in total. The highest BCUT2D eigenvalue weighted by atomic mass is 16.3. The molecule has 0 radical (unpaired) electrons. The highest BCUT2D eigenvalue weighted by Gasteiger charge is 2.30. The Bertz CT molecular complexity index is 1350. The molecule has 190 valence electrons. The molecule has 5 rings (SSSR count). The van der Waals surface area contributed by atoms with Gasteiger partial charge in [-0.3, -0.25) is 9.69 Å². The number of benzene rings is 1. The molecule has 36 heavy (non-hydrogen) atoms. The number of H-pyrrole nitrogens is 1. The third-order valence-corrected chi connectivity index (χ3v) is 7.68. The molecule has 0 bridgehead atoms. The van der Waals surface area contributed by atoms with Gasteiger partial charge >= 0.3 is 0 Å². The second-order valence-electron chi connectivity index (χ2n) is 10.2. The molecule has 8 heteroatoms. The van der Waals surface area contributed by atoms with Gasteiger partial charge in [-0.05, 0) is 78.2 Å². The van der Waals surface area contributed by atoms with Gasteiger partial charge in [0.15, 0.2) is 5.82 Å². The Hall–Kier alpha value is -3.26. The molecule has 1 atom stereocenters. The van der Waals surface area contributed by atoms with Crippen LogP contribution >= 0.6 is 0 Å². The number of aromatic nitrogens is 5. The lowest BCUT2D eigenvalue weighted by molar-refractivity contribution is 0.139. The fraction of sp³-hybridized carbons (Fsp3) is 0.500. The largest absolute Gasteiger partial charge is 0.468 e. The lowest BCUT2D eigenvalue weighted by Crippen LogP contribution is -2.33. The minimum Gasteiger partial charge on any atom is -0.468 e. The molecule has 4 aromatic rings. The number of nitrogens with zero attached hydrogens (tertiary/aromatic N) is 5. The average Bonchev–Trinajstić information content (AvgIpc) is 3.58. The molecule has 1 aromatic carbocycles.